The molecule has 4 heteroatoms. The molecule has 0 saturated heterocycles. The number of rotatable bonds is 2. The predicted molar refractivity (Wildman–Crippen MR) is 75.3 cm³/mol. The minimum atomic E-state index is -0.0526. The fourth-order valence-electron chi connectivity index (χ4n) is 2.17. The summed E-state index contributed by atoms with van der Waals surface area (Å²) in [4.78, 5) is 16.1. The zero-order chi connectivity index (χ0) is 13.1. The summed E-state index contributed by atoms with van der Waals surface area (Å²) in [7, 11) is 0. The Morgan fingerprint density at radius 2 is 2.22 bits per heavy atom. The molecule has 0 bridgehead atoms. The Labute approximate surface area is 116 Å². The molecule has 3 atom stereocenters. The Morgan fingerprint density at radius 3 is 2.94 bits per heavy atom. The van der Waals surface area contributed by atoms with Crippen LogP contribution >= 0.6 is 15.9 Å². The van der Waals surface area contributed by atoms with E-state index in [9.17, 15) is 4.79 Å². The Morgan fingerprint density at radius 1 is 1.44 bits per heavy atom. The number of aromatic nitrogens is 1. The van der Waals surface area contributed by atoms with Crippen LogP contribution in [-0.4, -0.2) is 16.9 Å². The number of amides is 1. The second kappa shape index (κ2) is 5.65. The number of carbonyl (C=O) groups excluding carboxylic acids is 1. The lowest BCUT2D eigenvalue weighted by Gasteiger charge is -2.30. The van der Waals surface area contributed by atoms with Crippen LogP contribution in [0.3, 0.4) is 0 Å². The summed E-state index contributed by atoms with van der Waals surface area (Å²) in [5.74, 6) is 0.909. The molecule has 3 unspecified atom stereocenters. The molecular weight excluding hydrogens is 292 g/mol. The molecule has 1 aromatic heterocycles. The predicted octanol–water partition coefficient (Wildman–Crippen LogP) is 3.17. The third-order valence-electron chi connectivity index (χ3n) is 3.58. The molecule has 3 nitrogen and oxygen atoms in total. The number of carbonyl (C=O) groups is 1. The Hall–Kier alpha value is -1.16. The van der Waals surface area contributed by atoms with Gasteiger partial charge in [0.2, 0.25) is 0 Å². The molecule has 0 radical (unpaired) electrons. The van der Waals surface area contributed by atoms with Gasteiger partial charge in [-0.25, -0.2) is 0 Å². The van der Waals surface area contributed by atoms with E-state index in [2.05, 4.69) is 52.2 Å². The zero-order valence-electron chi connectivity index (χ0n) is 10.6. The first-order chi connectivity index (χ1) is 8.58. The van der Waals surface area contributed by atoms with Crippen molar-refractivity contribution in [1.29, 1.82) is 0 Å². The van der Waals surface area contributed by atoms with E-state index in [1.807, 2.05) is 0 Å². The Bertz CT molecular complexity index is 473. The molecular formula is C14H17BrN2O. The average molecular weight is 309 g/mol. The van der Waals surface area contributed by atoms with Crippen molar-refractivity contribution in [3.05, 3.63) is 40.6 Å². The van der Waals surface area contributed by atoms with Crippen molar-refractivity contribution in [2.45, 2.75) is 26.3 Å². The van der Waals surface area contributed by atoms with E-state index in [0.29, 0.717) is 17.4 Å². The molecule has 1 aromatic rings. The lowest BCUT2D eigenvalue weighted by Crippen LogP contribution is -2.42. The highest BCUT2D eigenvalue weighted by Crippen LogP contribution is 2.24. The quantitative estimate of drug-likeness (QED) is 0.853. The van der Waals surface area contributed by atoms with Gasteiger partial charge in [-0.1, -0.05) is 26.0 Å². The highest BCUT2D eigenvalue weighted by molar-refractivity contribution is 9.10. The van der Waals surface area contributed by atoms with Crippen LogP contribution in [0.5, 0.6) is 0 Å². The number of allylic oxidation sites excluding steroid dienone is 1. The number of nitrogens with zero attached hydrogens (tertiary/aromatic N) is 1. The van der Waals surface area contributed by atoms with Crippen molar-refractivity contribution in [2.75, 3.05) is 0 Å². The first-order valence-electron chi connectivity index (χ1n) is 6.16. The van der Waals surface area contributed by atoms with Crippen LogP contribution in [0.1, 0.15) is 30.6 Å². The standard InChI is InChI=1S/C14H17BrN2O/c1-9-4-3-5-13(10(9)2)17-14(18)11-6-12(15)8-16-7-11/h3-4,6-10,13H,5H2,1-2H3,(H,17,18). The highest BCUT2D eigenvalue weighted by Gasteiger charge is 2.25. The van der Waals surface area contributed by atoms with Gasteiger partial charge in [0.15, 0.2) is 0 Å². The summed E-state index contributed by atoms with van der Waals surface area (Å²) in [5.41, 5.74) is 0.596. The summed E-state index contributed by atoms with van der Waals surface area (Å²) < 4.78 is 0.820. The van der Waals surface area contributed by atoms with Crippen LogP contribution in [0.25, 0.3) is 0 Å². The van der Waals surface area contributed by atoms with Gasteiger partial charge in [-0.3, -0.25) is 9.78 Å². The lowest BCUT2D eigenvalue weighted by atomic mass is 9.82. The van der Waals surface area contributed by atoms with E-state index in [-0.39, 0.29) is 11.9 Å². The van der Waals surface area contributed by atoms with Gasteiger partial charge in [0.25, 0.3) is 5.91 Å². The molecule has 1 heterocycles. The fraction of sp³-hybridized carbons (Fsp3) is 0.429. The van der Waals surface area contributed by atoms with Crippen molar-refractivity contribution < 1.29 is 4.79 Å². The van der Waals surface area contributed by atoms with E-state index in [0.717, 1.165) is 10.9 Å². The van der Waals surface area contributed by atoms with Gasteiger partial charge >= 0.3 is 0 Å². The van der Waals surface area contributed by atoms with Crippen molar-refractivity contribution >= 4 is 21.8 Å². The topological polar surface area (TPSA) is 42.0 Å². The minimum Gasteiger partial charge on any atom is -0.349 e. The van der Waals surface area contributed by atoms with Crippen LogP contribution in [0.4, 0.5) is 0 Å². The maximum absolute atomic E-state index is 12.1. The van der Waals surface area contributed by atoms with Gasteiger partial charge < -0.3 is 5.32 Å². The zero-order valence-corrected chi connectivity index (χ0v) is 12.1. The first kappa shape index (κ1) is 13.3. The van der Waals surface area contributed by atoms with E-state index < -0.39 is 0 Å². The largest absolute Gasteiger partial charge is 0.349 e. The van der Waals surface area contributed by atoms with E-state index in [1.54, 1.807) is 18.5 Å². The van der Waals surface area contributed by atoms with Crippen LogP contribution in [0.2, 0.25) is 0 Å². The van der Waals surface area contributed by atoms with Crippen LogP contribution in [-0.2, 0) is 0 Å². The summed E-state index contributed by atoms with van der Waals surface area (Å²) in [6.45, 7) is 4.36. The molecule has 0 aliphatic heterocycles. The molecule has 0 aromatic carbocycles. The molecule has 0 spiro atoms. The summed E-state index contributed by atoms with van der Waals surface area (Å²) >= 11 is 3.32. The number of pyridine rings is 1. The normalized spacial score (nSPS) is 26.9. The van der Waals surface area contributed by atoms with E-state index in [1.165, 1.54) is 0 Å². The fourth-order valence-corrected chi connectivity index (χ4v) is 2.54. The first-order valence-corrected chi connectivity index (χ1v) is 6.95. The summed E-state index contributed by atoms with van der Waals surface area (Å²) in [6.07, 6.45) is 8.53. The van der Waals surface area contributed by atoms with Gasteiger partial charge in [-0.15, -0.1) is 0 Å². The number of nitrogens with one attached hydrogen (secondary N) is 1. The van der Waals surface area contributed by atoms with E-state index >= 15 is 0 Å². The second-order valence-corrected chi connectivity index (χ2v) is 5.77. The molecule has 0 fully saturated rings. The molecule has 1 N–H and O–H groups in total. The molecule has 96 valence electrons. The van der Waals surface area contributed by atoms with Gasteiger partial charge in [0.1, 0.15) is 0 Å². The van der Waals surface area contributed by atoms with Gasteiger partial charge in [0, 0.05) is 22.9 Å². The minimum absolute atomic E-state index is 0.0526. The lowest BCUT2D eigenvalue weighted by molar-refractivity contribution is 0.0916. The maximum atomic E-state index is 12.1. The van der Waals surface area contributed by atoms with Crippen molar-refractivity contribution in [2.24, 2.45) is 11.8 Å². The van der Waals surface area contributed by atoms with Crippen molar-refractivity contribution in [3.8, 4) is 0 Å². The average Bonchev–Trinajstić information content (AvgIpc) is 2.35. The van der Waals surface area contributed by atoms with Crippen LogP contribution in [0.15, 0.2) is 35.1 Å². The monoisotopic (exact) mass is 308 g/mol. The third-order valence-corrected chi connectivity index (χ3v) is 4.01. The molecule has 1 aliphatic carbocycles. The highest BCUT2D eigenvalue weighted by atomic mass is 79.9. The summed E-state index contributed by atoms with van der Waals surface area (Å²) in [5, 5.41) is 3.09. The van der Waals surface area contributed by atoms with Gasteiger partial charge in [-0.05, 0) is 40.3 Å². The van der Waals surface area contributed by atoms with Crippen LogP contribution in [0, 0.1) is 11.8 Å². The second-order valence-electron chi connectivity index (χ2n) is 4.85. The number of hydrogen-bond acceptors (Lipinski definition) is 2. The molecule has 1 aliphatic rings. The van der Waals surface area contributed by atoms with Crippen LogP contribution < -0.4 is 5.32 Å². The molecule has 1 amide bonds. The number of hydrogen-bond donors (Lipinski definition) is 1. The number of halogens is 1. The Balaban J connectivity index is 2.06. The smallest absolute Gasteiger partial charge is 0.253 e. The van der Waals surface area contributed by atoms with Crippen molar-refractivity contribution in [1.82, 2.24) is 10.3 Å². The third kappa shape index (κ3) is 2.99. The summed E-state index contributed by atoms with van der Waals surface area (Å²) in [6, 6.07) is 1.99. The Kier molecular flexibility index (Phi) is 4.17. The molecule has 0 saturated carbocycles. The maximum Gasteiger partial charge on any atom is 0.253 e. The van der Waals surface area contributed by atoms with Gasteiger partial charge in [-0.2, -0.15) is 0 Å². The van der Waals surface area contributed by atoms with Gasteiger partial charge in [0.05, 0.1) is 5.56 Å². The van der Waals surface area contributed by atoms with Crippen molar-refractivity contribution in [3.63, 3.8) is 0 Å². The van der Waals surface area contributed by atoms with E-state index in [4.69, 9.17) is 0 Å². The molecule has 2 rings (SSSR count). The molecule has 18 heavy (non-hydrogen) atoms. The SMILES string of the molecule is CC1C=CCC(NC(=O)c2cncc(Br)c2)C1C.